The number of amides is 1. The summed E-state index contributed by atoms with van der Waals surface area (Å²) in [5, 5.41) is 6.38. The summed E-state index contributed by atoms with van der Waals surface area (Å²) in [6.45, 7) is 4.80. The average Bonchev–Trinajstić information content (AvgIpc) is 2.60. The van der Waals surface area contributed by atoms with Crippen LogP contribution in [0.2, 0.25) is 0 Å². The number of methoxy groups -OCH3 is 2. The fourth-order valence-electron chi connectivity index (χ4n) is 3.22. The summed E-state index contributed by atoms with van der Waals surface area (Å²) in [5.74, 6) is 2.48. The molecule has 0 bridgehead atoms. The van der Waals surface area contributed by atoms with Crippen LogP contribution in [0.4, 0.5) is 0 Å². The molecule has 1 fully saturated rings. The van der Waals surface area contributed by atoms with Crippen molar-refractivity contribution in [3.8, 4) is 11.5 Å². The van der Waals surface area contributed by atoms with Crippen molar-refractivity contribution >= 4 is 34.2 Å². The molecule has 1 aliphatic rings. The first-order chi connectivity index (χ1) is 11.5. The van der Waals surface area contributed by atoms with Gasteiger partial charge in [0.05, 0.1) is 18.7 Å². The second kappa shape index (κ2) is 10.9. The van der Waals surface area contributed by atoms with E-state index in [0.29, 0.717) is 36.3 Å². The van der Waals surface area contributed by atoms with E-state index in [2.05, 4.69) is 33.5 Å². The first kappa shape index (κ1) is 22.1. The highest BCUT2D eigenvalue weighted by atomic mass is 79.9. The number of ether oxygens (including phenoxy) is 2. The topological polar surface area (TPSA) is 59.6 Å². The van der Waals surface area contributed by atoms with Crippen LogP contribution in [0.25, 0.3) is 0 Å². The van der Waals surface area contributed by atoms with Crippen molar-refractivity contribution < 1.29 is 14.3 Å². The van der Waals surface area contributed by atoms with Crippen molar-refractivity contribution in [1.82, 2.24) is 10.6 Å². The second-order valence-corrected chi connectivity index (χ2v) is 7.21. The smallest absolute Gasteiger partial charge is 0.220 e. The number of carbonyl (C=O) groups is 1. The van der Waals surface area contributed by atoms with Gasteiger partial charge in [0.15, 0.2) is 11.5 Å². The molecule has 0 radical (unpaired) electrons. The first-order valence-corrected chi connectivity index (χ1v) is 9.22. The molecular weight excluding hydrogens is 408 g/mol. The van der Waals surface area contributed by atoms with Crippen LogP contribution >= 0.6 is 28.3 Å². The monoisotopic (exact) mass is 434 g/mol. The standard InChI is InChI=1S/C18H27BrN2O3.ClH/c1-12(14-4-6-20-7-5-14)8-17(22)21-11-13-9-15(19)18(24-3)16(10-13)23-2;/h9-10,12,14,20H,4-8,11H2,1-3H3,(H,21,22);1H. The van der Waals surface area contributed by atoms with Gasteiger partial charge in [-0.3, -0.25) is 4.79 Å². The van der Waals surface area contributed by atoms with Gasteiger partial charge in [-0.25, -0.2) is 0 Å². The van der Waals surface area contributed by atoms with Crippen LogP contribution in [-0.2, 0) is 11.3 Å². The molecule has 25 heavy (non-hydrogen) atoms. The highest BCUT2D eigenvalue weighted by Crippen LogP contribution is 2.36. The average molecular weight is 436 g/mol. The maximum Gasteiger partial charge on any atom is 0.220 e. The first-order valence-electron chi connectivity index (χ1n) is 8.43. The van der Waals surface area contributed by atoms with Gasteiger partial charge in [0.2, 0.25) is 5.91 Å². The fraction of sp³-hybridized carbons (Fsp3) is 0.611. The lowest BCUT2D eigenvalue weighted by Gasteiger charge is -2.27. The number of piperidine rings is 1. The Hall–Kier alpha value is -0.980. The molecule has 0 spiro atoms. The van der Waals surface area contributed by atoms with Gasteiger partial charge in [0.25, 0.3) is 0 Å². The van der Waals surface area contributed by atoms with Gasteiger partial charge in [0.1, 0.15) is 0 Å². The van der Waals surface area contributed by atoms with Gasteiger partial charge in [-0.2, -0.15) is 0 Å². The Balaban J connectivity index is 0.00000312. The van der Waals surface area contributed by atoms with E-state index in [1.54, 1.807) is 14.2 Å². The zero-order valence-corrected chi connectivity index (χ0v) is 17.5. The number of nitrogens with one attached hydrogen (secondary N) is 2. The zero-order chi connectivity index (χ0) is 17.5. The number of hydrogen-bond donors (Lipinski definition) is 2. The highest BCUT2D eigenvalue weighted by molar-refractivity contribution is 9.10. The summed E-state index contributed by atoms with van der Waals surface area (Å²) >= 11 is 3.47. The van der Waals surface area contributed by atoms with E-state index in [1.807, 2.05) is 12.1 Å². The normalized spacial score (nSPS) is 15.8. The summed E-state index contributed by atoms with van der Waals surface area (Å²) in [6, 6.07) is 3.83. The zero-order valence-electron chi connectivity index (χ0n) is 15.1. The van der Waals surface area contributed by atoms with Crippen molar-refractivity contribution in [1.29, 1.82) is 0 Å². The minimum atomic E-state index is 0. The van der Waals surface area contributed by atoms with Crippen molar-refractivity contribution in [2.75, 3.05) is 27.3 Å². The number of halogens is 2. The molecule has 1 amide bonds. The van der Waals surface area contributed by atoms with E-state index in [9.17, 15) is 4.79 Å². The SMILES string of the molecule is COc1cc(CNC(=O)CC(C)C2CCNCC2)cc(Br)c1OC.Cl. The van der Waals surface area contributed by atoms with Crippen molar-refractivity contribution in [3.63, 3.8) is 0 Å². The van der Waals surface area contributed by atoms with E-state index in [-0.39, 0.29) is 18.3 Å². The maximum atomic E-state index is 12.2. The Morgan fingerprint density at radius 3 is 2.60 bits per heavy atom. The lowest BCUT2D eigenvalue weighted by Crippen LogP contribution is -2.33. The Bertz CT molecular complexity index is 565. The van der Waals surface area contributed by atoms with Gasteiger partial charge >= 0.3 is 0 Å². The molecule has 0 saturated carbocycles. The Morgan fingerprint density at radius 2 is 2.00 bits per heavy atom. The molecule has 1 aromatic rings. The van der Waals surface area contributed by atoms with Gasteiger partial charge in [0, 0.05) is 13.0 Å². The third kappa shape index (κ3) is 6.35. The third-order valence-corrected chi connectivity index (χ3v) is 5.27. The van der Waals surface area contributed by atoms with Gasteiger partial charge in [-0.15, -0.1) is 12.4 Å². The summed E-state index contributed by atoms with van der Waals surface area (Å²) in [4.78, 5) is 12.2. The lowest BCUT2D eigenvalue weighted by atomic mass is 9.84. The summed E-state index contributed by atoms with van der Waals surface area (Å²) < 4.78 is 11.5. The third-order valence-electron chi connectivity index (χ3n) is 4.68. The van der Waals surface area contributed by atoms with Crippen molar-refractivity contribution in [2.45, 2.75) is 32.7 Å². The summed E-state index contributed by atoms with van der Waals surface area (Å²) in [6.07, 6.45) is 2.91. The molecule has 1 saturated heterocycles. The van der Waals surface area contributed by atoms with Crippen LogP contribution in [-0.4, -0.2) is 33.2 Å². The summed E-state index contributed by atoms with van der Waals surface area (Å²) in [7, 11) is 3.21. The molecule has 0 aliphatic carbocycles. The van der Waals surface area contributed by atoms with Gasteiger partial charge < -0.3 is 20.1 Å². The van der Waals surface area contributed by atoms with Crippen LogP contribution in [0.1, 0.15) is 31.7 Å². The largest absolute Gasteiger partial charge is 0.493 e. The quantitative estimate of drug-likeness (QED) is 0.688. The summed E-state index contributed by atoms with van der Waals surface area (Å²) in [5.41, 5.74) is 0.974. The molecule has 1 unspecified atom stereocenters. The van der Waals surface area contributed by atoms with Crippen LogP contribution in [0.15, 0.2) is 16.6 Å². The van der Waals surface area contributed by atoms with E-state index in [0.717, 1.165) is 36.0 Å². The molecule has 0 aromatic heterocycles. The number of benzene rings is 1. The van der Waals surface area contributed by atoms with Crippen molar-refractivity contribution in [2.24, 2.45) is 11.8 Å². The van der Waals surface area contributed by atoms with E-state index >= 15 is 0 Å². The van der Waals surface area contributed by atoms with E-state index < -0.39 is 0 Å². The van der Waals surface area contributed by atoms with Gasteiger partial charge in [-0.1, -0.05) is 6.92 Å². The minimum absolute atomic E-state index is 0. The fourth-order valence-corrected chi connectivity index (χ4v) is 3.87. The Labute approximate surface area is 164 Å². The number of carbonyl (C=O) groups excluding carboxylic acids is 1. The Morgan fingerprint density at radius 1 is 1.32 bits per heavy atom. The molecule has 1 heterocycles. The number of rotatable bonds is 7. The van der Waals surface area contributed by atoms with Crippen molar-refractivity contribution in [3.05, 3.63) is 22.2 Å². The van der Waals surface area contributed by atoms with E-state index in [1.165, 1.54) is 0 Å². The molecule has 2 rings (SSSR count). The molecule has 1 aromatic carbocycles. The Kier molecular flexibility index (Phi) is 9.61. The molecular formula is C18H28BrClN2O3. The predicted octanol–water partition coefficient (Wildman–Crippen LogP) is 3.53. The predicted molar refractivity (Wildman–Crippen MR) is 106 cm³/mol. The second-order valence-electron chi connectivity index (χ2n) is 6.36. The van der Waals surface area contributed by atoms with Crippen LogP contribution in [0.3, 0.4) is 0 Å². The highest BCUT2D eigenvalue weighted by Gasteiger charge is 2.22. The molecule has 1 atom stereocenters. The van der Waals surface area contributed by atoms with Crippen LogP contribution in [0, 0.1) is 11.8 Å². The minimum Gasteiger partial charge on any atom is -0.493 e. The lowest BCUT2D eigenvalue weighted by molar-refractivity contribution is -0.122. The molecule has 2 N–H and O–H groups in total. The molecule has 1 aliphatic heterocycles. The molecule has 142 valence electrons. The maximum absolute atomic E-state index is 12.2. The molecule has 7 heteroatoms. The van der Waals surface area contributed by atoms with E-state index in [4.69, 9.17) is 9.47 Å². The number of hydrogen-bond acceptors (Lipinski definition) is 4. The van der Waals surface area contributed by atoms with Crippen LogP contribution in [0.5, 0.6) is 11.5 Å². The molecule has 5 nitrogen and oxygen atoms in total. The van der Waals surface area contributed by atoms with Gasteiger partial charge in [-0.05, 0) is 71.4 Å². The van der Waals surface area contributed by atoms with Crippen LogP contribution < -0.4 is 20.1 Å².